The summed E-state index contributed by atoms with van der Waals surface area (Å²) in [7, 11) is 5.75. The number of rotatable bonds is 6. The molecule has 0 radical (unpaired) electrons. The highest BCUT2D eigenvalue weighted by Crippen LogP contribution is 2.31. The fourth-order valence-corrected chi connectivity index (χ4v) is 3.19. The second-order valence-electron chi connectivity index (χ2n) is 6.17. The van der Waals surface area contributed by atoms with Crippen molar-refractivity contribution >= 4 is 5.97 Å². The van der Waals surface area contributed by atoms with E-state index in [9.17, 15) is 4.79 Å². The van der Waals surface area contributed by atoms with E-state index < -0.39 is 0 Å². The minimum Gasteiger partial charge on any atom is -0.464 e. The minimum atomic E-state index is -0.321. The molecule has 1 aliphatic carbocycles. The van der Waals surface area contributed by atoms with E-state index >= 15 is 0 Å². The molecule has 0 spiro atoms. The summed E-state index contributed by atoms with van der Waals surface area (Å²) in [5, 5.41) is 3.54. The third kappa shape index (κ3) is 3.86. The smallest absolute Gasteiger partial charge is 0.354 e. The number of nitrogens with one attached hydrogen (secondary N) is 2. The van der Waals surface area contributed by atoms with Gasteiger partial charge in [0.05, 0.1) is 7.11 Å². The van der Waals surface area contributed by atoms with Crippen LogP contribution < -0.4 is 5.32 Å². The van der Waals surface area contributed by atoms with E-state index in [2.05, 4.69) is 29.3 Å². The van der Waals surface area contributed by atoms with E-state index in [1.54, 1.807) is 6.07 Å². The van der Waals surface area contributed by atoms with Gasteiger partial charge >= 0.3 is 5.97 Å². The lowest BCUT2D eigenvalue weighted by Crippen LogP contribution is -2.52. The van der Waals surface area contributed by atoms with Crippen molar-refractivity contribution in [3.8, 4) is 0 Å². The lowest BCUT2D eigenvalue weighted by molar-refractivity contribution is 0.0594. The molecule has 0 bridgehead atoms. The molecule has 5 nitrogen and oxygen atoms in total. The Morgan fingerprint density at radius 3 is 2.67 bits per heavy atom. The molecule has 2 rings (SSSR count). The van der Waals surface area contributed by atoms with Crippen LogP contribution in [0.15, 0.2) is 12.1 Å². The van der Waals surface area contributed by atoms with Crippen LogP contribution in [0.3, 0.4) is 0 Å². The zero-order valence-electron chi connectivity index (χ0n) is 13.4. The summed E-state index contributed by atoms with van der Waals surface area (Å²) >= 11 is 0. The van der Waals surface area contributed by atoms with Crippen LogP contribution in [0, 0.1) is 0 Å². The van der Waals surface area contributed by atoms with Gasteiger partial charge < -0.3 is 19.9 Å². The molecule has 0 unspecified atom stereocenters. The predicted octanol–water partition coefficient (Wildman–Crippen LogP) is 2.16. The van der Waals surface area contributed by atoms with Gasteiger partial charge in [-0.25, -0.2) is 4.79 Å². The van der Waals surface area contributed by atoms with Gasteiger partial charge in [-0.15, -0.1) is 0 Å². The van der Waals surface area contributed by atoms with Crippen LogP contribution in [-0.4, -0.2) is 49.1 Å². The fraction of sp³-hybridized carbons (Fsp3) is 0.688. The van der Waals surface area contributed by atoms with Gasteiger partial charge in [0.15, 0.2) is 0 Å². The summed E-state index contributed by atoms with van der Waals surface area (Å²) in [6.45, 7) is 1.72. The van der Waals surface area contributed by atoms with Crippen LogP contribution >= 0.6 is 0 Å². The molecule has 1 aromatic heterocycles. The number of hydrogen-bond acceptors (Lipinski definition) is 4. The van der Waals surface area contributed by atoms with Crippen molar-refractivity contribution in [3.05, 3.63) is 23.5 Å². The average molecular weight is 293 g/mol. The highest BCUT2D eigenvalue weighted by Gasteiger charge is 2.33. The Morgan fingerprint density at radius 1 is 1.33 bits per heavy atom. The maximum atomic E-state index is 11.4. The quantitative estimate of drug-likeness (QED) is 0.789. The van der Waals surface area contributed by atoms with E-state index in [4.69, 9.17) is 4.74 Å². The fourth-order valence-electron chi connectivity index (χ4n) is 3.19. The molecule has 0 aliphatic heterocycles. The van der Waals surface area contributed by atoms with Gasteiger partial charge in [0.25, 0.3) is 0 Å². The number of H-pyrrole nitrogens is 1. The zero-order valence-corrected chi connectivity index (χ0v) is 13.4. The van der Waals surface area contributed by atoms with E-state index in [1.807, 2.05) is 6.07 Å². The van der Waals surface area contributed by atoms with Crippen LogP contribution in [0.2, 0.25) is 0 Å². The summed E-state index contributed by atoms with van der Waals surface area (Å²) < 4.78 is 4.70. The first-order chi connectivity index (χ1) is 10.1. The average Bonchev–Trinajstić information content (AvgIpc) is 2.96. The Morgan fingerprint density at radius 2 is 2.05 bits per heavy atom. The number of esters is 1. The van der Waals surface area contributed by atoms with Crippen molar-refractivity contribution in [2.75, 3.05) is 27.7 Å². The van der Waals surface area contributed by atoms with Gasteiger partial charge in [0.1, 0.15) is 5.69 Å². The molecule has 0 atom stereocenters. The Bertz CT molecular complexity index is 462. The van der Waals surface area contributed by atoms with E-state index in [0.29, 0.717) is 5.69 Å². The highest BCUT2D eigenvalue weighted by atomic mass is 16.5. The topological polar surface area (TPSA) is 57.4 Å². The van der Waals surface area contributed by atoms with Gasteiger partial charge in [0.2, 0.25) is 0 Å². The second-order valence-corrected chi connectivity index (χ2v) is 6.17. The number of ether oxygens (including phenoxy) is 1. The normalized spacial score (nSPS) is 17.9. The van der Waals surface area contributed by atoms with Crippen LogP contribution in [0.1, 0.15) is 48.3 Å². The van der Waals surface area contributed by atoms with Gasteiger partial charge in [-0.2, -0.15) is 0 Å². The Balaban J connectivity index is 1.87. The van der Waals surface area contributed by atoms with Crippen molar-refractivity contribution in [3.63, 3.8) is 0 Å². The lowest BCUT2D eigenvalue weighted by atomic mass is 9.80. The number of methoxy groups -OCH3 is 1. The largest absolute Gasteiger partial charge is 0.464 e. The molecule has 0 amide bonds. The zero-order chi connectivity index (χ0) is 15.3. The first-order valence-electron chi connectivity index (χ1n) is 7.72. The number of aromatic amines is 1. The number of aromatic nitrogens is 1. The number of likely N-dealkylation sites (N-methyl/N-ethyl adjacent to an activating group) is 1. The molecule has 1 fully saturated rings. The molecule has 118 valence electrons. The maximum Gasteiger partial charge on any atom is 0.354 e. The van der Waals surface area contributed by atoms with E-state index in [0.717, 1.165) is 18.8 Å². The minimum absolute atomic E-state index is 0.274. The molecule has 5 heteroatoms. The van der Waals surface area contributed by atoms with Crippen LogP contribution in [0.25, 0.3) is 0 Å². The van der Waals surface area contributed by atoms with Crippen molar-refractivity contribution in [2.45, 2.75) is 44.2 Å². The van der Waals surface area contributed by atoms with E-state index in [1.165, 1.54) is 39.2 Å². The monoisotopic (exact) mass is 293 g/mol. The van der Waals surface area contributed by atoms with Gasteiger partial charge in [-0.05, 0) is 39.1 Å². The van der Waals surface area contributed by atoms with Crippen LogP contribution in [0.4, 0.5) is 0 Å². The highest BCUT2D eigenvalue weighted by molar-refractivity contribution is 5.87. The second kappa shape index (κ2) is 7.09. The third-order valence-electron chi connectivity index (χ3n) is 4.65. The van der Waals surface area contributed by atoms with Gasteiger partial charge in [0, 0.05) is 24.3 Å². The van der Waals surface area contributed by atoms with Gasteiger partial charge in [-0.1, -0.05) is 19.3 Å². The molecule has 1 heterocycles. The predicted molar refractivity (Wildman–Crippen MR) is 83.3 cm³/mol. The summed E-state index contributed by atoms with van der Waals surface area (Å²) in [5.74, 6) is -0.321. The molecule has 2 N–H and O–H groups in total. The van der Waals surface area contributed by atoms with Crippen molar-refractivity contribution in [1.29, 1.82) is 0 Å². The molecule has 1 aromatic rings. The molecule has 0 aromatic carbocycles. The Labute approximate surface area is 127 Å². The number of nitrogens with zero attached hydrogens (tertiary/aromatic N) is 1. The van der Waals surface area contributed by atoms with Gasteiger partial charge in [-0.3, -0.25) is 0 Å². The molecular weight excluding hydrogens is 266 g/mol. The van der Waals surface area contributed by atoms with Crippen molar-refractivity contribution in [1.82, 2.24) is 15.2 Å². The van der Waals surface area contributed by atoms with Crippen LogP contribution in [-0.2, 0) is 11.3 Å². The molecule has 21 heavy (non-hydrogen) atoms. The molecule has 0 saturated heterocycles. The number of carbonyl (C=O) groups is 1. The SMILES string of the molecule is COC(=O)c1ccc(CNCC2(N(C)C)CCCCC2)[nH]1. The molecule has 1 saturated carbocycles. The molecule has 1 aliphatic rings. The van der Waals surface area contributed by atoms with Crippen molar-refractivity contribution in [2.24, 2.45) is 0 Å². The number of carbonyl (C=O) groups excluding carboxylic acids is 1. The van der Waals surface area contributed by atoms with E-state index in [-0.39, 0.29) is 11.5 Å². The Hall–Kier alpha value is -1.33. The summed E-state index contributed by atoms with van der Waals surface area (Å²) in [4.78, 5) is 16.9. The number of hydrogen-bond donors (Lipinski definition) is 2. The van der Waals surface area contributed by atoms with Crippen LogP contribution in [0.5, 0.6) is 0 Å². The Kier molecular flexibility index (Phi) is 5.42. The molecular formula is C16H27N3O2. The first-order valence-corrected chi connectivity index (χ1v) is 7.72. The first kappa shape index (κ1) is 16.0. The summed E-state index contributed by atoms with van der Waals surface area (Å²) in [6.07, 6.45) is 6.49. The van der Waals surface area contributed by atoms with Crippen molar-refractivity contribution < 1.29 is 9.53 Å². The maximum absolute atomic E-state index is 11.4. The third-order valence-corrected chi connectivity index (χ3v) is 4.65. The summed E-state index contributed by atoms with van der Waals surface area (Å²) in [6, 6.07) is 3.70. The summed E-state index contributed by atoms with van der Waals surface area (Å²) in [5.41, 5.74) is 1.80. The standard InChI is InChI=1S/C16H27N3O2/c1-19(2)16(9-5-4-6-10-16)12-17-11-13-7-8-14(18-13)15(20)21-3/h7-8,17-18H,4-6,9-12H2,1-3H3. The lowest BCUT2D eigenvalue weighted by Gasteiger charge is -2.43.